The molecule has 4 aromatic rings. The summed E-state index contributed by atoms with van der Waals surface area (Å²) >= 11 is 0. The SMILES string of the molecule is FC(F)(F)CCCOc1ccc(-c2cc(COCc3cc(-c4ccc(OCCCC(F)(F)F)cc4)no3)on2)cc1. The van der Waals surface area contributed by atoms with Gasteiger partial charge in [0.2, 0.25) is 0 Å². The average Bonchev–Trinajstić information content (AvgIpc) is 3.59. The summed E-state index contributed by atoms with van der Waals surface area (Å²) in [6, 6.07) is 16.9. The second kappa shape index (κ2) is 13.6. The van der Waals surface area contributed by atoms with Crippen molar-refractivity contribution in [3.63, 3.8) is 0 Å². The van der Waals surface area contributed by atoms with Gasteiger partial charge in [0.15, 0.2) is 11.5 Å². The zero-order chi connectivity index (χ0) is 29.3. The Kier molecular flexibility index (Phi) is 9.92. The van der Waals surface area contributed by atoms with Crippen LogP contribution < -0.4 is 9.47 Å². The molecule has 2 aromatic carbocycles. The van der Waals surface area contributed by atoms with E-state index in [-0.39, 0.29) is 39.3 Å². The van der Waals surface area contributed by atoms with Gasteiger partial charge in [0.1, 0.15) is 36.1 Å². The van der Waals surface area contributed by atoms with Gasteiger partial charge in [-0.2, -0.15) is 26.3 Å². The van der Waals surface area contributed by atoms with Crippen molar-refractivity contribution in [1.82, 2.24) is 10.3 Å². The Hall–Kier alpha value is -4.00. The number of rotatable bonds is 14. The molecule has 0 radical (unpaired) electrons. The highest BCUT2D eigenvalue weighted by molar-refractivity contribution is 5.60. The maximum atomic E-state index is 12.2. The molecule has 0 bridgehead atoms. The van der Waals surface area contributed by atoms with Gasteiger partial charge in [-0.05, 0) is 61.4 Å². The van der Waals surface area contributed by atoms with E-state index in [0.717, 1.165) is 11.1 Å². The molecule has 2 heterocycles. The van der Waals surface area contributed by atoms with Crippen molar-refractivity contribution in [3.8, 4) is 34.0 Å². The van der Waals surface area contributed by atoms with Crippen LogP contribution in [0.4, 0.5) is 26.3 Å². The molecule has 0 saturated carbocycles. The summed E-state index contributed by atoms with van der Waals surface area (Å²) in [4.78, 5) is 0. The van der Waals surface area contributed by atoms with E-state index in [4.69, 9.17) is 23.3 Å². The minimum absolute atomic E-state index is 0.0325. The highest BCUT2D eigenvalue weighted by Gasteiger charge is 2.26. The highest BCUT2D eigenvalue weighted by atomic mass is 19.4. The largest absolute Gasteiger partial charge is 0.494 e. The Balaban J connectivity index is 1.19. The second-order valence-corrected chi connectivity index (χ2v) is 9.03. The molecule has 0 saturated heterocycles. The maximum absolute atomic E-state index is 12.2. The smallest absolute Gasteiger partial charge is 0.389 e. The Morgan fingerprint density at radius 1 is 0.585 bits per heavy atom. The monoisotopic (exact) mass is 584 g/mol. The Bertz CT molecular complexity index is 1240. The van der Waals surface area contributed by atoms with E-state index >= 15 is 0 Å². The fourth-order valence-corrected chi connectivity index (χ4v) is 3.66. The van der Waals surface area contributed by atoms with Crippen LogP contribution in [-0.2, 0) is 18.0 Å². The van der Waals surface area contributed by atoms with E-state index < -0.39 is 25.2 Å². The van der Waals surface area contributed by atoms with E-state index in [1.165, 1.54) is 0 Å². The van der Waals surface area contributed by atoms with E-state index in [9.17, 15) is 26.3 Å². The zero-order valence-corrected chi connectivity index (χ0v) is 21.6. The van der Waals surface area contributed by atoms with Crippen LogP contribution in [0.5, 0.6) is 11.5 Å². The first-order valence-electron chi connectivity index (χ1n) is 12.6. The molecule has 0 spiro atoms. The zero-order valence-electron chi connectivity index (χ0n) is 21.6. The Morgan fingerprint density at radius 2 is 0.976 bits per heavy atom. The van der Waals surface area contributed by atoms with Crippen LogP contribution in [0.1, 0.15) is 37.2 Å². The maximum Gasteiger partial charge on any atom is 0.389 e. The number of ether oxygens (including phenoxy) is 3. The van der Waals surface area contributed by atoms with E-state index in [0.29, 0.717) is 34.4 Å². The van der Waals surface area contributed by atoms with Crippen LogP contribution in [0.2, 0.25) is 0 Å². The summed E-state index contributed by atoms with van der Waals surface area (Å²) in [6.45, 7) is 0.165. The number of nitrogens with zero attached hydrogens (tertiary/aromatic N) is 2. The quantitative estimate of drug-likeness (QED) is 0.109. The summed E-state index contributed by atoms with van der Waals surface area (Å²) in [5.74, 6) is 1.85. The molecule has 0 atom stereocenters. The average molecular weight is 585 g/mol. The molecule has 0 aliphatic rings. The van der Waals surface area contributed by atoms with Crippen LogP contribution in [0.25, 0.3) is 22.5 Å². The molecule has 0 N–H and O–H groups in total. The van der Waals surface area contributed by atoms with Gasteiger partial charge < -0.3 is 23.3 Å². The molecule has 0 aliphatic heterocycles. The lowest BCUT2D eigenvalue weighted by Gasteiger charge is -2.08. The first-order chi connectivity index (χ1) is 19.5. The van der Waals surface area contributed by atoms with Gasteiger partial charge in [-0.1, -0.05) is 10.3 Å². The molecule has 41 heavy (non-hydrogen) atoms. The first kappa shape index (κ1) is 30.0. The summed E-state index contributed by atoms with van der Waals surface area (Å²) < 4.78 is 100. The lowest BCUT2D eigenvalue weighted by atomic mass is 10.1. The molecular formula is C28H26F6N2O5. The van der Waals surface area contributed by atoms with Crippen LogP contribution in [-0.4, -0.2) is 35.9 Å². The number of hydrogen-bond acceptors (Lipinski definition) is 7. The molecule has 2 aromatic heterocycles. The summed E-state index contributed by atoms with van der Waals surface area (Å²) in [6.07, 6.45) is -10.4. The lowest BCUT2D eigenvalue weighted by Crippen LogP contribution is -2.09. The van der Waals surface area contributed by atoms with Gasteiger partial charge in [0, 0.05) is 36.1 Å². The summed E-state index contributed by atoms with van der Waals surface area (Å²) in [5.41, 5.74) is 2.59. The van der Waals surface area contributed by atoms with E-state index in [1.54, 1.807) is 60.7 Å². The fourth-order valence-electron chi connectivity index (χ4n) is 3.66. The summed E-state index contributed by atoms with van der Waals surface area (Å²) in [5, 5.41) is 8.02. The second-order valence-electron chi connectivity index (χ2n) is 9.03. The topological polar surface area (TPSA) is 79.8 Å². The molecular weight excluding hydrogens is 558 g/mol. The van der Waals surface area contributed by atoms with E-state index in [1.807, 2.05) is 0 Å². The van der Waals surface area contributed by atoms with Gasteiger partial charge in [-0.3, -0.25) is 0 Å². The highest BCUT2D eigenvalue weighted by Crippen LogP contribution is 2.26. The van der Waals surface area contributed by atoms with Crippen LogP contribution in [0, 0.1) is 0 Å². The number of halogens is 6. The lowest BCUT2D eigenvalue weighted by molar-refractivity contribution is -0.137. The minimum atomic E-state index is -4.20. The third-order valence-electron chi connectivity index (χ3n) is 5.65. The van der Waals surface area contributed by atoms with Crippen molar-refractivity contribution in [2.45, 2.75) is 51.2 Å². The van der Waals surface area contributed by atoms with Crippen molar-refractivity contribution in [1.29, 1.82) is 0 Å². The predicted molar refractivity (Wildman–Crippen MR) is 134 cm³/mol. The van der Waals surface area contributed by atoms with Crippen LogP contribution >= 0.6 is 0 Å². The molecule has 0 fully saturated rings. The fraction of sp³-hybridized carbons (Fsp3) is 0.357. The molecule has 220 valence electrons. The van der Waals surface area contributed by atoms with Crippen molar-refractivity contribution in [2.24, 2.45) is 0 Å². The minimum Gasteiger partial charge on any atom is -0.494 e. The number of hydrogen-bond donors (Lipinski definition) is 0. The van der Waals surface area contributed by atoms with Gasteiger partial charge in [-0.15, -0.1) is 0 Å². The van der Waals surface area contributed by atoms with E-state index in [2.05, 4.69) is 10.3 Å². The molecule has 7 nitrogen and oxygen atoms in total. The van der Waals surface area contributed by atoms with Crippen molar-refractivity contribution in [3.05, 3.63) is 72.2 Å². The Morgan fingerprint density at radius 3 is 1.34 bits per heavy atom. The van der Waals surface area contributed by atoms with Crippen molar-refractivity contribution >= 4 is 0 Å². The predicted octanol–water partition coefficient (Wildman–Crippen LogP) is 8.16. The van der Waals surface area contributed by atoms with Crippen LogP contribution in [0.15, 0.2) is 69.7 Å². The molecule has 4 rings (SSSR count). The molecule has 0 unspecified atom stereocenters. The van der Waals surface area contributed by atoms with Crippen LogP contribution in [0.3, 0.4) is 0 Å². The van der Waals surface area contributed by atoms with Crippen molar-refractivity contribution in [2.75, 3.05) is 13.2 Å². The van der Waals surface area contributed by atoms with Gasteiger partial charge in [0.25, 0.3) is 0 Å². The summed E-state index contributed by atoms with van der Waals surface area (Å²) in [7, 11) is 0. The molecule has 0 aliphatic carbocycles. The third-order valence-corrected chi connectivity index (χ3v) is 5.65. The number of benzene rings is 2. The normalized spacial score (nSPS) is 12.0. The molecule has 0 amide bonds. The number of alkyl halides is 6. The first-order valence-corrected chi connectivity index (χ1v) is 12.6. The third kappa shape index (κ3) is 10.2. The molecule has 13 heteroatoms. The van der Waals surface area contributed by atoms with Gasteiger partial charge in [-0.25, -0.2) is 0 Å². The Labute approximate surface area is 231 Å². The van der Waals surface area contributed by atoms with Gasteiger partial charge >= 0.3 is 12.4 Å². The number of aromatic nitrogens is 2. The van der Waals surface area contributed by atoms with Crippen molar-refractivity contribution < 1.29 is 49.6 Å². The van der Waals surface area contributed by atoms with Gasteiger partial charge in [0.05, 0.1) is 13.2 Å². The standard InChI is InChI=1S/C28H26F6N2O5/c29-27(30,31)11-1-13-38-21-7-3-19(4-8-21)25-15-23(40-35-25)17-37-18-24-16-26(36-41-24)20-5-9-22(10-6-20)39-14-2-12-28(32,33)34/h3-10,15-16H,1-2,11-14,17-18H2.